The number of halogens is 3. The topological polar surface area (TPSA) is 54.5 Å². The highest BCUT2D eigenvalue weighted by Gasteiger charge is 2.38. The number of urea groups is 1. The summed E-state index contributed by atoms with van der Waals surface area (Å²) in [4.78, 5) is 17.2. The third kappa shape index (κ3) is 4.44. The van der Waals surface area contributed by atoms with Crippen LogP contribution in [0.15, 0.2) is 48.7 Å². The van der Waals surface area contributed by atoms with Crippen LogP contribution in [0, 0.1) is 0 Å². The molecule has 0 saturated carbocycles. The minimum absolute atomic E-state index is 0.227. The standard InChI is InChI=1S/C18H18F3N3O2/c19-18(20,21)15-7-4-9-22-16(15)26-14-11-24(12-14)17(25)23-10-8-13-5-2-1-3-6-13/h1-7,9,14H,8,10-12H2,(H,23,25). The molecule has 1 aromatic heterocycles. The van der Waals surface area contributed by atoms with Gasteiger partial charge in [0.25, 0.3) is 0 Å². The number of rotatable bonds is 5. The Morgan fingerprint density at radius 2 is 1.92 bits per heavy atom. The van der Waals surface area contributed by atoms with Crippen molar-refractivity contribution in [3.05, 3.63) is 59.8 Å². The molecule has 0 bridgehead atoms. The van der Waals surface area contributed by atoms with Gasteiger partial charge in [0.1, 0.15) is 11.7 Å². The van der Waals surface area contributed by atoms with E-state index in [9.17, 15) is 18.0 Å². The number of hydrogen-bond donors (Lipinski definition) is 1. The van der Waals surface area contributed by atoms with Gasteiger partial charge in [0.05, 0.1) is 13.1 Å². The Morgan fingerprint density at radius 1 is 1.19 bits per heavy atom. The molecular formula is C18H18F3N3O2. The number of aromatic nitrogens is 1. The van der Waals surface area contributed by atoms with Crippen LogP contribution in [0.4, 0.5) is 18.0 Å². The summed E-state index contributed by atoms with van der Waals surface area (Å²) in [5, 5.41) is 2.79. The fourth-order valence-electron chi connectivity index (χ4n) is 2.61. The highest BCUT2D eigenvalue weighted by Crippen LogP contribution is 2.35. The molecule has 26 heavy (non-hydrogen) atoms. The SMILES string of the molecule is O=C(NCCc1ccccc1)N1CC(Oc2ncccc2C(F)(F)F)C1. The van der Waals surface area contributed by atoms with E-state index < -0.39 is 23.7 Å². The number of benzene rings is 1. The molecule has 2 amide bonds. The molecule has 2 aromatic rings. The molecule has 8 heteroatoms. The van der Waals surface area contributed by atoms with Crippen molar-refractivity contribution in [2.75, 3.05) is 19.6 Å². The highest BCUT2D eigenvalue weighted by atomic mass is 19.4. The number of ether oxygens (including phenoxy) is 1. The molecule has 0 unspecified atom stereocenters. The number of carbonyl (C=O) groups is 1. The van der Waals surface area contributed by atoms with Gasteiger partial charge in [0.2, 0.25) is 5.88 Å². The summed E-state index contributed by atoms with van der Waals surface area (Å²) < 4.78 is 44.0. The second-order valence-electron chi connectivity index (χ2n) is 5.97. The minimum Gasteiger partial charge on any atom is -0.470 e. The number of nitrogens with zero attached hydrogens (tertiary/aromatic N) is 2. The second-order valence-corrected chi connectivity index (χ2v) is 5.97. The summed E-state index contributed by atoms with van der Waals surface area (Å²) >= 11 is 0. The average Bonchev–Trinajstić information content (AvgIpc) is 2.58. The van der Waals surface area contributed by atoms with Crippen LogP contribution in [0.1, 0.15) is 11.1 Å². The van der Waals surface area contributed by atoms with Crippen molar-refractivity contribution >= 4 is 6.03 Å². The number of likely N-dealkylation sites (tertiary alicyclic amines) is 1. The van der Waals surface area contributed by atoms with Gasteiger partial charge in [-0.25, -0.2) is 9.78 Å². The Bertz CT molecular complexity index is 747. The molecule has 1 aliphatic heterocycles. The maximum absolute atomic E-state index is 12.9. The zero-order chi connectivity index (χ0) is 18.6. The van der Waals surface area contributed by atoms with E-state index >= 15 is 0 Å². The second kappa shape index (κ2) is 7.63. The summed E-state index contributed by atoms with van der Waals surface area (Å²) in [7, 11) is 0. The first kappa shape index (κ1) is 18.0. The Labute approximate surface area is 148 Å². The van der Waals surface area contributed by atoms with Gasteiger partial charge in [-0.1, -0.05) is 30.3 Å². The third-order valence-electron chi connectivity index (χ3n) is 4.02. The third-order valence-corrected chi connectivity index (χ3v) is 4.02. The average molecular weight is 365 g/mol. The van der Waals surface area contributed by atoms with E-state index in [0.29, 0.717) is 13.0 Å². The van der Waals surface area contributed by atoms with Crippen LogP contribution in [-0.4, -0.2) is 41.7 Å². The van der Waals surface area contributed by atoms with Crippen molar-refractivity contribution in [3.63, 3.8) is 0 Å². The molecule has 138 valence electrons. The van der Waals surface area contributed by atoms with Gasteiger partial charge < -0.3 is 15.0 Å². The molecule has 5 nitrogen and oxygen atoms in total. The van der Waals surface area contributed by atoms with E-state index in [0.717, 1.165) is 11.6 Å². The van der Waals surface area contributed by atoms with Gasteiger partial charge in [-0.15, -0.1) is 0 Å². The van der Waals surface area contributed by atoms with Crippen LogP contribution < -0.4 is 10.1 Å². The zero-order valence-corrected chi connectivity index (χ0v) is 13.9. The smallest absolute Gasteiger partial charge is 0.421 e. The van der Waals surface area contributed by atoms with Crippen LogP contribution in [0.3, 0.4) is 0 Å². The first-order chi connectivity index (χ1) is 12.4. The van der Waals surface area contributed by atoms with Crippen LogP contribution in [0.5, 0.6) is 5.88 Å². The maximum Gasteiger partial charge on any atom is 0.421 e. The minimum atomic E-state index is -4.53. The van der Waals surface area contributed by atoms with Gasteiger partial charge in [0, 0.05) is 12.7 Å². The molecule has 3 rings (SSSR count). The number of carbonyl (C=O) groups excluding carboxylic acids is 1. The van der Waals surface area contributed by atoms with E-state index in [1.54, 1.807) is 0 Å². The Morgan fingerprint density at radius 3 is 2.62 bits per heavy atom. The number of nitrogens with one attached hydrogen (secondary N) is 1. The van der Waals surface area contributed by atoms with E-state index in [-0.39, 0.29) is 19.1 Å². The lowest BCUT2D eigenvalue weighted by molar-refractivity contribution is -0.140. The van der Waals surface area contributed by atoms with Gasteiger partial charge in [-0.2, -0.15) is 13.2 Å². The van der Waals surface area contributed by atoms with Crippen LogP contribution >= 0.6 is 0 Å². The number of pyridine rings is 1. The molecule has 1 saturated heterocycles. The summed E-state index contributed by atoms with van der Waals surface area (Å²) in [6, 6.07) is 11.6. The number of hydrogen-bond acceptors (Lipinski definition) is 3. The van der Waals surface area contributed by atoms with Gasteiger partial charge in [0.15, 0.2) is 0 Å². The summed E-state index contributed by atoms with van der Waals surface area (Å²) in [5.74, 6) is -0.450. The maximum atomic E-state index is 12.9. The summed E-state index contributed by atoms with van der Waals surface area (Å²) in [5.41, 5.74) is 0.207. The van der Waals surface area contributed by atoms with E-state index in [4.69, 9.17) is 4.74 Å². The van der Waals surface area contributed by atoms with E-state index in [1.807, 2.05) is 30.3 Å². The fraction of sp³-hybridized carbons (Fsp3) is 0.333. The highest BCUT2D eigenvalue weighted by molar-refractivity contribution is 5.75. The van der Waals surface area contributed by atoms with E-state index in [1.165, 1.54) is 17.2 Å². The van der Waals surface area contributed by atoms with Crippen molar-refractivity contribution in [2.24, 2.45) is 0 Å². The molecule has 2 heterocycles. The Kier molecular flexibility index (Phi) is 5.29. The number of amides is 2. The summed E-state index contributed by atoms with van der Waals surface area (Å²) in [6.07, 6.45) is -3.06. The van der Waals surface area contributed by atoms with Crippen LogP contribution in [-0.2, 0) is 12.6 Å². The zero-order valence-electron chi connectivity index (χ0n) is 13.9. The first-order valence-corrected chi connectivity index (χ1v) is 8.19. The fourth-order valence-corrected chi connectivity index (χ4v) is 2.61. The van der Waals surface area contributed by atoms with Gasteiger partial charge in [-0.05, 0) is 24.1 Å². The van der Waals surface area contributed by atoms with Gasteiger partial charge >= 0.3 is 12.2 Å². The quantitative estimate of drug-likeness (QED) is 0.886. The molecule has 1 aliphatic rings. The molecule has 0 spiro atoms. The lowest BCUT2D eigenvalue weighted by Crippen LogP contribution is -2.59. The first-order valence-electron chi connectivity index (χ1n) is 8.19. The van der Waals surface area contributed by atoms with Crippen molar-refractivity contribution < 1.29 is 22.7 Å². The largest absolute Gasteiger partial charge is 0.470 e. The normalized spacial score (nSPS) is 14.7. The van der Waals surface area contributed by atoms with Crippen molar-refractivity contribution in [3.8, 4) is 5.88 Å². The van der Waals surface area contributed by atoms with Crippen molar-refractivity contribution in [1.82, 2.24) is 15.2 Å². The predicted molar refractivity (Wildman–Crippen MR) is 88.8 cm³/mol. The number of alkyl halides is 3. The molecule has 0 atom stereocenters. The van der Waals surface area contributed by atoms with Crippen molar-refractivity contribution in [2.45, 2.75) is 18.7 Å². The summed E-state index contributed by atoms with van der Waals surface area (Å²) in [6.45, 7) is 0.944. The van der Waals surface area contributed by atoms with Crippen LogP contribution in [0.2, 0.25) is 0 Å². The predicted octanol–water partition coefficient (Wildman–Crippen LogP) is 3.12. The van der Waals surface area contributed by atoms with Crippen LogP contribution in [0.25, 0.3) is 0 Å². The van der Waals surface area contributed by atoms with E-state index in [2.05, 4.69) is 10.3 Å². The molecule has 1 N–H and O–H groups in total. The molecule has 1 aromatic carbocycles. The molecule has 0 radical (unpaired) electrons. The van der Waals surface area contributed by atoms with Gasteiger partial charge in [-0.3, -0.25) is 0 Å². The lowest BCUT2D eigenvalue weighted by atomic mass is 10.1. The molecule has 1 fully saturated rings. The Balaban J connectivity index is 1.44. The Hall–Kier alpha value is -2.77. The monoisotopic (exact) mass is 365 g/mol. The molecular weight excluding hydrogens is 347 g/mol. The van der Waals surface area contributed by atoms with Crippen molar-refractivity contribution in [1.29, 1.82) is 0 Å². The lowest BCUT2D eigenvalue weighted by Gasteiger charge is -2.38. The molecule has 0 aliphatic carbocycles.